The van der Waals surface area contributed by atoms with Gasteiger partial charge in [0.05, 0.1) is 24.7 Å². The summed E-state index contributed by atoms with van der Waals surface area (Å²) in [5.74, 6) is -1.07. The van der Waals surface area contributed by atoms with Crippen molar-refractivity contribution in [3.8, 4) is 0 Å². The second kappa shape index (κ2) is 7.37. The zero-order valence-electron chi connectivity index (χ0n) is 14.9. The highest BCUT2D eigenvalue weighted by Gasteiger charge is 2.42. The smallest absolute Gasteiger partial charge is 0.290 e. The van der Waals surface area contributed by atoms with Crippen molar-refractivity contribution in [1.82, 2.24) is 4.90 Å². The molecule has 2 aliphatic rings. The summed E-state index contributed by atoms with van der Waals surface area (Å²) < 4.78 is 0. The van der Waals surface area contributed by atoms with Gasteiger partial charge in [-0.15, -0.1) is 0 Å². The van der Waals surface area contributed by atoms with Crippen molar-refractivity contribution >= 4 is 11.7 Å². The fraction of sp³-hybridized carbons (Fsp3) is 0.474. The van der Waals surface area contributed by atoms with Gasteiger partial charge in [0, 0.05) is 0 Å². The molecule has 3 rings (SSSR count). The number of hydrogen-bond acceptors (Lipinski definition) is 3. The lowest BCUT2D eigenvalue weighted by Crippen LogP contribution is -3.20. The fourth-order valence-electron chi connectivity index (χ4n) is 3.75. The van der Waals surface area contributed by atoms with Gasteiger partial charge in [0.1, 0.15) is 26.2 Å². The molecular weight excluding hydrogens is 318 g/mol. The van der Waals surface area contributed by atoms with E-state index >= 15 is 0 Å². The quantitative estimate of drug-likeness (QED) is 0.623. The van der Waals surface area contributed by atoms with Crippen LogP contribution in [0.25, 0.3) is 0 Å². The van der Waals surface area contributed by atoms with Crippen molar-refractivity contribution in [2.45, 2.75) is 19.9 Å². The average Bonchev–Trinajstić information content (AvgIpc) is 2.86. The number of hydrogen-bond donors (Lipinski definition) is 3. The summed E-state index contributed by atoms with van der Waals surface area (Å²) in [6, 6.07) is 7.32. The first-order chi connectivity index (χ1) is 12.0. The van der Waals surface area contributed by atoms with Gasteiger partial charge in [0.2, 0.25) is 0 Å². The highest BCUT2D eigenvalue weighted by Crippen LogP contribution is 2.37. The number of carbonyl (C=O) groups excluding carboxylic acids is 2. The Morgan fingerprint density at radius 2 is 1.92 bits per heavy atom. The predicted octanol–water partition coefficient (Wildman–Crippen LogP) is -1.26. The van der Waals surface area contributed by atoms with E-state index in [2.05, 4.69) is 5.32 Å². The molecule has 6 nitrogen and oxygen atoms in total. The second-order valence-electron chi connectivity index (χ2n) is 7.00. The summed E-state index contributed by atoms with van der Waals surface area (Å²) in [4.78, 5) is 27.8. The molecule has 134 valence electrons. The number of ketones is 1. The number of quaternary nitrogens is 2. The lowest BCUT2D eigenvalue weighted by atomic mass is 9.96. The van der Waals surface area contributed by atoms with Crippen LogP contribution in [0, 0.1) is 6.92 Å². The summed E-state index contributed by atoms with van der Waals surface area (Å²) in [5, 5.41) is 12.6. The lowest BCUT2D eigenvalue weighted by Gasteiger charge is -2.29. The van der Waals surface area contributed by atoms with E-state index in [0.29, 0.717) is 6.54 Å². The zero-order chi connectivity index (χ0) is 18.0. The molecule has 1 amide bonds. The van der Waals surface area contributed by atoms with E-state index in [0.717, 1.165) is 43.9 Å². The minimum Gasteiger partial charge on any atom is -0.503 e. The highest BCUT2D eigenvalue weighted by molar-refractivity contribution is 6.08. The van der Waals surface area contributed by atoms with Crippen LogP contribution in [0.4, 0.5) is 0 Å². The maximum absolute atomic E-state index is 12.6. The molecule has 1 fully saturated rings. The molecule has 0 aromatic heterocycles. The van der Waals surface area contributed by atoms with Crippen LogP contribution in [0.3, 0.4) is 0 Å². The van der Waals surface area contributed by atoms with Crippen LogP contribution in [0.1, 0.15) is 24.1 Å². The van der Waals surface area contributed by atoms with Crippen LogP contribution in [0.2, 0.25) is 0 Å². The van der Waals surface area contributed by atoms with Gasteiger partial charge in [0.15, 0.2) is 11.5 Å². The number of nitrogens with one attached hydrogen (secondary N) is 1. The molecule has 25 heavy (non-hydrogen) atoms. The largest absolute Gasteiger partial charge is 0.503 e. The highest BCUT2D eigenvalue weighted by atomic mass is 16.3. The van der Waals surface area contributed by atoms with Crippen molar-refractivity contribution in [2.75, 3.05) is 39.3 Å². The van der Waals surface area contributed by atoms with Crippen molar-refractivity contribution in [3.05, 3.63) is 46.7 Å². The molecule has 0 saturated carbocycles. The molecule has 1 aromatic rings. The number of aliphatic hydroxyl groups is 1. The molecule has 1 atom stereocenters. The number of carbonyl (C=O) groups is 2. The van der Waals surface area contributed by atoms with Crippen molar-refractivity contribution in [2.24, 2.45) is 0 Å². The van der Waals surface area contributed by atoms with E-state index in [9.17, 15) is 14.7 Å². The summed E-state index contributed by atoms with van der Waals surface area (Å²) >= 11 is 0. The summed E-state index contributed by atoms with van der Waals surface area (Å²) in [7, 11) is 0. The first-order valence-electron chi connectivity index (χ1n) is 8.96. The van der Waals surface area contributed by atoms with Crippen LogP contribution in [-0.4, -0.2) is 61.0 Å². The second-order valence-corrected chi connectivity index (χ2v) is 7.00. The van der Waals surface area contributed by atoms with Crippen LogP contribution < -0.4 is 10.2 Å². The molecule has 6 heteroatoms. The Morgan fingerprint density at radius 1 is 1.28 bits per heavy atom. The molecule has 2 aliphatic heterocycles. The van der Waals surface area contributed by atoms with Gasteiger partial charge >= 0.3 is 0 Å². The third kappa shape index (κ3) is 3.60. The Labute approximate surface area is 148 Å². The predicted molar refractivity (Wildman–Crippen MR) is 93.2 cm³/mol. The van der Waals surface area contributed by atoms with Gasteiger partial charge in [-0.25, -0.2) is 0 Å². The molecule has 1 aromatic carbocycles. The molecule has 0 aliphatic carbocycles. The minimum atomic E-state index is -0.485. The molecule has 2 heterocycles. The van der Waals surface area contributed by atoms with Gasteiger partial charge in [-0.2, -0.15) is 0 Å². The van der Waals surface area contributed by atoms with E-state index < -0.39 is 11.9 Å². The van der Waals surface area contributed by atoms with Crippen molar-refractivity contribution < 1.29 is 24.9 Å². The van der Waals surface area contributed by atoms with Gasteiger partial charge in [0.25, 0.3) is 5.91 Å². The van der Waals surface area contributed by atoms with Gasteiger partial charge in [-0.3, -0.25) is 9.59 Å². The topological polar surface area (TPSA) is 78.7 Å². The molecule has 1 saturated heterocycles. The van der Waals surface area contributed by atoms with Crippen LogP contribution in [-0.2, 0) is 9.59 Å². The van der Waals surface area contributed by atoms with Gasteiger partial charge in [-0.1, -0.05) is 29.8 Å². The molecule has 0 spiro atoms. The van der Waals surface area contributed by atoms with Crippen molar-refractivity contribution in [1.29, 1.82) is 0 Å². The Balaban J connectivity index is 1.85. The zero-order valence-corrected chi connectivity index (χ0v) is 14.9. The number of piperazine rings is 1. The third-order valence-corrected chi connectivity index (χ3v) is 5.19. The van der Waals surface area contributed by atoms with Crippen LogP contribution in [0.15, 0.2) is 35.6 Å². The molecule has 0 unspecified atom stereocenters. The summed E-state index contributed by atoms with van der Waals surface area (Å²) in [6.45, 7) is 9.15. The average molecular weight is 345 g/mol. The van der Waals surface area contributed by atoms with E-state index in [1.807, 2.05) is 31.2 Å². The Hall–Kier alpha value is -2.18. The number of benzene rings is 1. The van der Waals surface area contributed by atoms with Crippen LogP contribution in [0.5, 0.6) is 0 Å². The van der Waals surface area contributed by atoms with E-state index in [4.69, 9.17) is 0 Å². The minimum absolute atomic E-state index is 0.218. The maximum Gasteiger partial charge on any atom is 0.290 e. The monoisotopic (exact) mass is 345 g/mol. The number of nitrogens with two attached hydrogens (primary N) is 1. The first kappa shape index (κ1) is 17.6. The Kier molecular flexibility index (Phi) is 5.20. The number of amides is 1. The Bertz CT molecular complexity index is 690. The maximum atomic E-state index is 12.6. The van der Waals surface area contributed by atoms with Crippen LogP contribution >= 0.6 is 0 Å². The number of aliphatic hydroxyl groups excluding tert-OH is 1. The number of aryl methyl sites for hydroxylation is 1. The van der Waals surface area contributed by atoms with Gasteiger partial charge < -0.3 is 20.2 Å². The molecule has 4 N–H and O–H groups in total. The number of nitrogens with zero attached hydrogens (tertiary/aromatic N) is 1. The third-order valence-electron chi connectivity index (χ3n) is 5.19. The Morgan fingerprint density at radius 3 is 2.52 bits per heavy atom. The number of rotatable bonds is 5. The summed E-state index contributed by atoms with van der Waals surface area (Å²) in [5.41, 5.74) is 2.21. The normalized spacial score (nSPS) is 21.9. The number of Topliss-reactive ketones (excluding diaryl/α,β-unsaturated/α-hetero) is 1. The van der Waals surface area contributed by atoms with E-state index in [1.54, 1.807) is 4.90 Å². The van der Waals surface area contributed by atoms with E-state index in [1.165, 1.54) is 11.8 Å². The van der Waals surface area contributed by atoms with Gasteiger partial charge in [-0.05, 0) is 19.4 Å². The van der Waals surface area contributed by atoms with Crippen molar-refractivity contribution in [3.63, 3.8) is 0 Å². The standard InChI is InChI=1S/C19H25N3O3/c1-13-3-5-15(6-4-13)17-16(14(2)23)18(24)19(25)22(17)12-11-21-9-7-20-8-10-21/h3-6,17,20,24H,7-12H2,1-2H3/p+2/t17-/m1/s1. The summed E-state index contributed by atoms with van der Waals surface area (Å²) in [6.07, 6.45) is 0. The molecular formula is C19H27N3O3+2. The fourth-order valence-corrected chi connectivity index (χ4v) is 3.75. The first-order valence-corrected chi connectivity index (χ1v) is 8.96. The SMILES string of the molecule is CC(=O)C1=C(O)C(=O)N(CC[NH+]2CC[NH2+]CC2)[C@@H]1c1ccc(C)cc1. The molecule has 0 bridgehead atoms. The lowest BCUT2D eigenvalue weighted by molar-refractivity contribution is -0.946. The molecule has 0 radical (unpaired) electrons. The van der Waals surface area contributed by atoms with E-state index in [-0.39, 0.29) is 17.1 Å².